The molecule has 1 atom stereocenters. The van der Waals surface area contributed by atoms with Gasteiger partial charge in [0.15, 0.2) is 0 Å². The lowest BCUT2D eigenvalue weighted by Crippen LogP contribution is -2.47. The highest BCUT2D eigenvalue weighted by atomic mass is 32.2. The molecule has 0 radical (unpaired) electrons. The zero-order chi connectivity index (χ0) is 17.6. The van der Waals surface area contributed by atoms with E-state index in [-0.39, 0.29) is 18.4 Å². The van der Waals surface area contributed by atoms with E-state index in [1.165, 1.54) is 0 Å². The molecule has 1 N–H and O–H groups in total. The van der Waals surface area contributed by atoms with Gasteiger partial charge in [-0.3, -0.25) is 9.59 Å². The minimum absolute atomic E-state index is 0.00421. The molecule has 2 aromatic heterocycles. The summed E-state index contributed by atoms with van der Waals surface area (Å²) in [6.45, 7) is 0.616. The zero-order valence-electron chi connectivity index (χ0n) is 13.6. The zero-order valence-corrected chi connectivity index (χ0v) is 15.2. The average molecular weight is 381 g/mol. The fraction of sp³-hybridized carbons (Fsp3) is 0.500. The van der Waals surface area contributed by atoms with Crippen molar-refractivity contribution < 1.29 is 19.2 Å². The van der Waals surface area contributed by atoms with E-state index in [4.69, 9.17) is 9.63 Å². The first-order valence-corrected chi connectivity index (χ1v) is 10.1. The molecule has 1 saturated heterocycles. The molecule has 1 aliphatic rings. The molecular weight excluding hydrogens is 362 g/mol. The van der Waals surface area contributed by atoms with Gasteiger partial charge in [-0.15, -0.1) is 11.3 Å². The van der Waals surface area contributed by atoms with Crippen LogP contribution in [0.3, 0.4) is 0 Å². The van der Waals surface area contributed by atoms with Gasteiger partial charge in [-0.2, -0.15) is 16.7 Å². The van der Waals surface area contributed by atoms with E-state index < -0.39 is 5.97 Å². The van der Waals surface area contributed by atoms with Crippen molar-refractivity contribution >= 4 is 35.0 Å². The van der Waals surface area contributed by atoms with Crippen LogP contribution in [0, 0.1) is 0 Å². The first-order chi connectivity index (χ1) is 12.1. The van der Waals surface area contributed by atoms with Crippen molar-refractivity contribution in [2.75, 3.05) is 18.1 Å². The molecule has 7 nitrogen and oxygen atoms in total. The number of carboxylic acids is 1. The monoisotopic (exact) mass is 381 g/mol. The van der Waals surface area contributed by atoms with Crippen LogP contribution >= 0.6 is 23.1 Å². The van der Waals surface area contributed by atoms with Crippen LogP contribution in [0.25, 0.3) is 10.7 Å². The number of nitrogens with zero attached hydrogens (tertiary/aromatic N) is 3. The van der Waals surface area contributed by atoms with Gasteiger partial charge in [0.1, 0.15) is 0 Å². The molecule has 25 heavy (non-hydrogen) atoms. The summed E-state index contributed by atoms with van der Waals surface area (Å²) in [6, 6.07) is 3.65. The second kappa shape index (κ2) is 8.48. The maximum absolute atomic E-state index is 12.4. The van der Waals surface area contributed by atoms with Crippen LogP contribution < -0.4 is 0 Å². The third kappa shape index (κ3) is 4.82. The molecule has 0 spiro atoms. The van der Waals surface area contributed by atoms with E-state index in [9.17, 15) is 9.59 Å². The Kier molecular flexibility index (Phi) is 6.09. The Bertz CT molecular complexity index is 717. The Morgan fingerprint density at radius 2 is 2.32 bits per heavy atom. The van der Waals surface area contributed by atoms with Gasteiger partial charge in [0.05, 0.1) is 17.3 Å². The van der Waals surface area contributed by atoms with Gasteiger partial charge in [0, 0.05) is 30.9 Å². The summed E-state index contributed by atoms with van der Waals surface area (Å²) in [5.41, 5.74) is 0. The average Bonchev–Trinajstić information content (AvgIpc) is 3.26. The summed E-state index contributed by atoms with van der Waals surface area (Å²) in [4.78, 5) is 30.4. The van der Waals surface area contributed by atoms with Gasteiger partial charge >= 0.3 is 5.97 Å². The number of aliphatic carboxylic acids is 1. The number of thiophene rings is 1. The molecule has 0 aromatic carbocycles. The first kappa shape index (κ1) is 17.9. The molecule has 3 rings (SSSR count). The Morgan fingerprint density at radius 1 is 1.44 bits per heavy atom. The molecule has 1 fully saturated rings. The van der Waals surface area contributed by atoms with Crippen LogP contribution in [-0.4, -0.2) is 56.1 Å². The van der Waals surface area contributed by atoms with Crippen molar-refractivity contribution in [1.82, 2.24) is 15.0 Å². The van der Waals surface area contributed by atoms with E-state index in [1.54, 1.807) is 28.0 Å². The number of thioether (sulfide) groups is 1. The lowest BCUT2D eigenvalue weighted by atomic mass is 10.1. The Labute approximate surface area is 153 Å². The van der Waals surface area contributed by atoms with Crippen LogP contribution in [0.1, 0.15) is 25.2 Å². The second-order valence-corrected chi connectivity index (χ2v) is 7.85. The summed E-state index contributed by atoms with van der Waals surface area (Å²) in [6.07, 6.45) is 1.51. The topological polar surface area (TPSA) is 96.5 Å². The van der Waals surface area contributed by atoms with Crippen molar-refractivity contribution in [2.45, 2.75) is 31.7 Å². The molecule has 0 bridgehead atoms. The highest BCUT2D eigenvalue weighted by Crippen LogP contribution is 2.22. The number of carboxylic acid groups (broad SMARTS) is 1. The molecule has 3 heterocycles. The molecule has 1 unspecified atom stereocenters. The quantitative estimate of drug-likeness (QED) is 0.787. The van der Waals surface area contributed by atoms with Crippen LogP contribution in [0.4, 0.5) is 0 Å². The second-order valence-electron chi connectivity index (χ2n) is 5.76. The molecule has 0 saturated carbocycles. The smallest absolute Gasteiger partial charge is 0.305 e. The van der Waals surface area contributed by atoms with E-state index in [0.717, 1.165) is 10.6 Å². The van der Waals surface area contributed by atoms with Gasteiger partial charge in [0.25, 0.3) is 0 Å². The lowest BCUT2D eigenvalue weighted by Gasteiger charge is -2.34. The van der Waals surface area contributed by atoms with Gasteiger partial charge in [-0.05, 0) is 17.9 Å². The van der Waals surface area contributed by atoms with Gasteiger partial charge in [0.2, 0.25) is 17.6 Å². The van der Waals surface area contributed by atoms with Crippen LogP contribution in [0.5, 0.6) is 0 Å². The number of amides is 1. The SMILES string of the molecule is O=C(O)CC1CSCCN1C(=O)CCCc1nc(-c2cccs2)no1. The summed E-state index contributed by atoms with van der Waals surface area (Å²) in [5, 5.41) is 14.9. The standard InChI is InChI=1S/C16H19N3O4S2/c20-14(19-6-8-24-10-11(19)9-15(21)22)5-1-4-13-17-16(18-23-13)12-3-2-7-25-12/h2-3,7,11H,1,4-6,8-10H2,(H,21,22). The van der Waals surface area contributed by atoms with Crippen molar-refractivity contribution in [3.05, 3.63) is 23.4 Å². The minimum atomic E-state index is -0.864. The van der Waals surface area contributed by atoms with Crippen molar-refractivity contribution in [2.24, 2.45) is 0 Å². The first-order valence-electron chi connectivity index (χ1n) is 8.09. The fourth-order valence-corrected chi connectivity index (χ4v) is 4.46. The molecule has 0 aliphatic carbocycles. The Hall–Kier alpha value is -1.87. The summed E-state index contributed by atoms with van der Waals surface area (Å²) < 4.78 is 5.23. The maximum Gasteiger partial charge on any atom is 0.305 e. The third-order valence-corrected chi connectivity index (χ3v) is 5.91. The molecule has 134 valence electrons. The van der Waals surface area contributed by atoms with E-state index in [2.05, 4.69) is 10.1 Å². The predicted molar refractivity (Wildman–Crippen MR) is 95.6 cm³/mol. The highest BCUT2D eigenvalue weighted by molar-refractivity contribution is 7.99. The van der Waals surface area contributed by atoms with Crippen molar-refractivity contribution in [3.63, 3.8) is 0 Å². The number of aromatic nitrogens is 2. The highest BCUT2D eigenvalue weighted by Gasteiger charge is 2.28. The van der Waals surface area contributed by atoms with Gasteiger partial charge < -0.3 is 14.5 Å². The van der Waals surface area contributed by atoms with Crippen molar-refractivity contribution in [3.8, 4) is 10.7 Å². The maximum atomic E-state index is 12.4. The molecule has 2 aromatic rings. The molecular formula is C16H19N3O4S2. The largest absolute Gasteiger partial charge is 0.481 e. The predicted octanol–water partition coefficient (Wildman–Crippen LogP) is 2.54. The molecule has 1 aliphatic heterocycles. The van der Waals surface area contributed by atoms with Crippen LogP contribution in [0.2, 0.25) is 0 Å². The number of aryl methyl sites for hydroxylation is 1. The van der Waals surface area contributed by atoms with Gasteiger partial charge in [-0.1, -0.05) is 11.2 Å². The summed E-state index contributed by atoms with van der Waals surface area (Å²) in [5.74, 6) is 1.78. The Morgan fingerprint density at radius 3 is 3.08 bits per heavy atom. The van der Waals surface area contributed by atoms with Crippen molar-refractivity contribution in [1.29, 1.82) is 0 Å². The lowest BCUT2D eigenvalue weighted by molar-refractivity contribution is -0.140. The molecule has 1 amide bonds. The van der Waals surface area contributed by atoms with E-state index in [0.29, 0.717) is 43.3 Å². The molecule has 9 heteroatoms. The number of carbonyl (C=O) groups is 2. The van der Waals surface area contributed by atoms with Gasteiger partial charge in [-0.25, -0.2) is 0 Å². The van der Waals surface area contributed by atoms with Crippen LogP contribution in [0.15, 0.2) is 22.0 Å². The minimum Gasteiger partial charge on any atom is -0.481 e. The third-order valence-electron chi connectivity index (χ3n) is 3.95. The summed E-state index contributed by atoms with van der Waals surface area (Å²) >= 11 is 3.24. The number of hydrogen-bond acceptors (Lipinski definition) is 7. The van der Waals surface area contributed by atoms with E-state index in [1.807, 2.05) is 17.5 Å². The normalized spacial score (nSPS) is 17.6. The number of rotatable bonds is 7. The summed E-state index contributed by atoms with van der Waals surface area (Å²) in [7, 11) is 0. The number of hydrogen-bond donors (Lipinski definition) is 1. The van der Waals surface area contributed by atoms with Crippen LogP contribution in [-0.2, 0) is 16.0 Å². The Balaban J connectivity index is 1.49. The van der Waals surface area contributed by atoms with E-state index >= 15 is 0 Å². The fourth-order valence-electron chi connectivity index (χ4n) is 2.75. The number of carbonyl (C=O) groups excluding carboxylic acids is 1.